The lowest BCUT2D eigenvalue weighted by Gasteiger charge is -2.27. The highest BCUT2D eigenvalue weighted by atomic mass is 16.6. The van der Waals surface area contributed by atoms with Crippen LogP contribution in [0.25, 0.3) is 0 Å². The summed E-state index contributed by atoms with van der Waals surface area (Å²) in [5, 5.41) is 13.8. The van der Waals surface area contributed by atoms with Gasteiger partial charge in [-0.15, -0.1) is 0 Å². The van der Waals surface area contributed by atoms with Crippen molar-refractivity contribution < 1.29 is 28.8 Å². The summed E-state index contributed by atoms with van der Waals surface area (Å²) in [7, 11) is 1.13. The molecule has 0 unspecified atom stereocenters. The third-order valence-electron chi connectivity index (χ3n) is 4.52. The first-order chi connectivity index (χ1) is 14.4. The molecule has 10 heteroatoms. The van der Waals surface area contributed by atoms with Gasteiger partial charge < -0.3 is 19.7 Å². The number of hydrogen-bond acceptors (Lipinski definition) is 7. The molecule has 1 aliphatic rings. The molecule has 0 aromatic heterocycles. The van der Waals surface area contributed by atoms with Crippen molar-refractivity contribution >= 4 is 29.2 Å². The van der Waals surface area contributed by atoms with Gasteiger partial charge in [-0.2, -0.15) is 0 Å². The average Bonchev–Trinajstić information content (AvgIpc) is 2.78. The summed E-state index contributed by atoms with van der Waals surface area (Å²) in [5.41, 5.74) is -0.134. The fourth-order valence-corrected chi connectivity index (χ4v) is 2.99. The predicted octanol–water partition coefficient (Wildman–Crippen LogP) is 2.11. The third-order valence-corrected chi connectivity index (χ3v) is 4.52. The van der Waals surface area contributed by atoms with E-state index in [9.17, 15) is 24.5 Å². The molecule has 1 fully saturated rings. The number of anilines is 1. The Balaban J connectivity index is 1.89. The molecule has 3 rings (SSSR count). The molecule has 0 radical (unpaired) electrons. The van der Waals surface area contributed by atoms with Gasteiger partial charge >= 0.3 is 5.97 Å². The lowest BCUT2D eigenvalue weighted by atomic mass is 10.1. The molecule has 1 heterocycles. The van der Waals surface area contributed by atoms with Crippen LogP contribution in [0.5, 0.6) is 0 Å². The zero-order valence-electron chi connectivity index (χ0n) is 16.1. The smallest absolute Gasteiger partial charge is 0.338 e. The van der Waals surface area contributed by atoms with Crippen LogP contribution >= 0.6 is 0 Å². The maximum atomic E-state index is 12.8. The number of ether oxygens (including phenoxy) is 2. The van der Waals surface area contributed by atoms with Gasteiger partial charge in [0.2, 0.25) is 0 Å². The normalized spacial score (nSPS) is 13.4. The lowest BCUT2D eigenvalue weighted by Crippen LogP contribution is -2.41. The first-order valence-corrected chi connectivity index (χ1v) is 9.06. The molecule has 10 nitrogen and oxygen atoms in total. The third kappa shape index (κ3) is 4.61. The molecule has 0 atom stereocenters. The molecule has 0 saturated carbocycles. The largest absolute Gasteiger partial charge is 0.465 e. The fourth-order valence-electron chi connectivity index (χ4n) is 2.99. The first-order valence-electron chi connectivity index (χ1n) is 9.06. The predicted molar refractivity (Wildman–Crippen MR) is 106 cm³/mol. The summed E-state index contributed by atoms with van der Waals surface area (Å²) < 4.78 is 9.84. The Labute approximate surface area is 171 Å². The number of morpholine rings is 1. The van der Waals surface area contributed by atoms with Gasteiger partial charge in [0, 0.05) is 30.8 Å². The second-order valence-electron chi connectivity index (χ2n) is 6.42. The quantitative estimate of drug-likeness (QED) is 0.452. The highest BCUT2D eigenvalue weighted by molar-refractivity contribution is 6.10. The number of carbonyl (C=O) groups is 3. The maximum Gasteiger partial charge on any atom is 0.338 e. The number of nitrogens with zero attached hydrogens (tertiary/aromatic N) is 2. The van der Waals surface area contributed by atoms with Gasteiger partial charge in [-0.1, -0.05) is 12.1 Å². The minimum absolute atomic E-state index is 0.113. The first kappa shape index (κ1) is 20.9. The fraction of sp³-hybridized carbons (Fsp3) is 0.250. The Hall–Kier alpha value is -3.79. The number of nitro benzene ring substituents is 1. The number of nitrogens with one attached hydrogen (secondary N) is 1. The SMILES string of the molecule is COC(=O)c1cc(C(=O)Nc2ccccc2C(=O)N2CCOCC2)cc([N+](=O)[O-])c1. The molecule has 0 bridgehead atoms. The molecule has 2 aromatic carbocycles. The summed E-state index contributed by atoms with van der Waals surface area (Å²) in [6, 6.07) is 9.74. The van der Waals surface area contributed by atoms with E-state index in [0.717, 1.165) is 19.2 Å². The number of carbonyl (C=O) groups excluding carboxylic acids is 3. The molecular formula is C20H19N3O7. The molecule has 156 valence electrons. The van der Waals surface area contributed by atoms with E-state index in [1.807, 2.05) is 0 Å². The number of esters is 1. The number of rotatable bonds is 5. The van der Waals surface area contributed by atoms with E-state index < -0.39 is 22.5 Å². The Kier molecular flexibility index (Phi) is 6.38. The van der Waals surface area contributed by atoms with E-state index in [-0.39, 0.29) is 28.3 Å². The highest BCUT2D eigenvalue weighted by Crippen LogP contribution is 2.22. The van der Waals surface area contributed by atoms with Gasteiger partial charge in [0.1, 0.15) is 0 Å². The van der Waals surface area contributed by atoms with Crippen LogP contribution in [0.4, 0.5) is 11.4 Å². The van der Waals surface area contributed by atoms with Gasteiger partial charge in [0.25, 0.3) is 17.5 Å². The zero-order chi connectivity index (χ0) is 21.7. The minimum Gasteiger partial charge on any atom is -0.465 e. The van der Waals surface area contributed by atoms with Crippen molar-refractivity contribution in [3.8, 4) is 0 Å². The number of non-ortho nitro benzene ring substituents is 1. The Morgan fingerprint density at radius 2 is 1.77 bits per heavy atom. The maximum absolute atomic E-state index is 12.8. The van der Waals surface area contributed by atoms with E-state index >= 15 is 0 Å². The Morgan fingerprint density at radius 1 is 1.10 bits per heavy atom. The van der Waals surface area contributed by atoms with Crippen molar-refractivity contribution in [2.45, 2.75) is 0 Å². The molecule has 1 saturated heterocycles. The number of amides is 2. The van der Waals surface area contributed by atoms with Crippen molar-refractivity contribution in [3.63, 3.8) is 0 Å². The van der Waals surface area contributed by atoms with Crippen LogP contribution in [0.2, 0.25) is 0 Å². The standard InChI is InChI=1S/C20H19N3O7/c1-29-20(26)14-10-13(11-15(12-14)23(27)28)18(24)21-17-5-3-2-4-16(17)19(25)22-6-8-30-9-7-22/h2-5,10-12H,6-9H2,1H3,(H,21,24). The molecular weight excluding hydrogens is 394 g/mol. The second kappa shape index (κ2) is 9.14. The number of hydrogen-bond donors (Lipinski definition) is 1. The summed E-state index contributed by atoms with van der Waals surface area (Å²) in [6.45, 7) is 1.75. The Morgan fingerprint density at radius 3 is 2.43 bits per heavy atom. The van der Waals surface area contributed by atoms with Crippen LogP contribution in [-0.4, -0.2) is 61.0 Å². The van der Waals surface area contributed by atoms with Crippen molar-refractivity contribution in [1.29, 1.82) is 0 Å². The number of methoxy groups -OCH3 is 1. The number of para-hydroxylation sites is 1. The van der Waals surface area contributed by atoms with Crippen molar-refractivity contribution in [3.05, 3.63) is 69.3 Å². The van der Waals surface area contributed by atoms with Crippen LogP contribution in [0, 0.1) is 10.1 Å². The van der Waals surface area contributed by atoms with E-state index in [0.29, 0.717) is 26.3 Å². The highest BCUT2D eigenvalue weighted by Gasteiger charge is 2.23. The summed E-state index contributed by atoms with van der Waals surface area (Å²) in [5.74, 6) is -1.77. The summed E-state index contributed by atoms with van der Waals surface area (Å²) >= 11 is 0. The average molecular weight is 413 g/mol. The van der Waals surface area contributed by atoms with Gasteiger partial charge in [-0.05, 0) is 18.2 Å². The van der Waals surface area contributed by atoms with E-state index in [2.05, 4.69) is 10.1 Å². The molecule has 0 spiro atoms. The van der Waals surface area contributed by atoms with Crippen LogP contribution < -0.4 is 5.32 Å². The summed E-state index contributed by atoms with van der Waals surface area (Å²) in [4.78, 5) is 49.5. The van der Waals surface area contributed by atoms with Gasteiger partial charge in [-0.25, -0.2) is 4.79 Å². The van der Waals surface area contributed by atoms with Crippen molar-refractivity contribution in [2.75, 3.05) is 38.7 Å². The van der Waals surface area contributed by atoms with Crippen molar-refractivity contribution in [2.24, 2.45) is 0 Å². The minimum atomic E-state index is -0.810. The zero-order valence-corrected chi connectivity index (χ0v) is 16.1. The van der Waals surface area contributed by atoms with Gasteiger partial charge in [0.05, 0.1) is 42.1 Å². The van der Waals surface area contributed by atoms with E-state index in [1.165, 1.54) is 6.07 Å². The van der Waals surface area contributed by atoms with Crippen LogP contribution in [0.1, 0.15) is 31.1 Å². The van der Waals surface area contributed by atoms with Crippen molar-refractivity contribution in [1.82, 2.24) is 4.90 Å². The van der Waals surface area contributed by atoms with Gasteiger partial charge in [0.15, 0.2) is 0 Å². The molecule has 0 aliphatic carbocycles. The Bertz CT molecular complexity index is 1000. The topological polar surface area (TPSA) is 128 Å². The van der Waals surface area contributed by atoms with Crippen LogP contribution in [0.3, 0.4) is 0 Å². The van der Waals surface area contributed by atoms with E-state index in [1.54, 1.807) is 29.2 Å². The molecule has 1 aliphatic heterocycles. The molecule has 30 heavy (non-hydrogen) atoms. The second-order valence-corrected chi connectivity index (χ2v) is 6.42. The van der Waals surface area contributed by atoms with Crippen LogP contribution in [0.15, 0.2) is 42.5 Å². The number of benzene rings is 2. The molecule has 2 amide bonds. The molecule has 2 aromatic rings. The number of nitro groups is 1. The van der Waals surface area contributed by atoms with E-state index in [4.69, 9.17) is 4.74 Å². The van der Waals surface area contributed by atoms with Crippen LogP contribution in [-0.2, 0) is 9.47 Å². The van der Waals surface area contributed by atoms with Gasteiger partial charge in [-0.3, -0.25) is 19.7 Å². The monoisotopic (exact) mass is 413 g/mol. The summed E-state index contributed by atoms with van der Waals surface area (Å²) in [6.07, 6.45) is 0. The molecule has 1 N–H and O–H groups in total. The lowest BCUT2D eigenvalue weighted by molar-refractivity contribution is -0.384.